The predicted molar refractivity (Wildman–Crippen MR) is 104 cm³/mol. The molecule has 0 aliphatic carbocycles. The van der Waals surface area contributed by atoms with Crippen LogP contribution in [0.5, 0.6) is 0 Å². The number of anilines is 1. The number of hydrogen-bond donors (Lipinski definition) is 1. The summed E-state index contributed by atoms with van der Waals surface area (Å²) in [6.07, 6.45) is 1.65. The van der Waals surface area contributed by atoms with Gasteiger partial charge in [-0.15, -0.1) is 0 Å². The van der Waals surface area contributed by atoms with Crippen LogP contribution in [0.2, 0.25) is 5.02 Å². The molecule has 0 bridgehead atoms. The third-order valence-corrected chi connectivity index (χ3v) is 4.34. The molecule has 0 aliphatic heterocycles. The summed E-state index contributed by atoms with van der Waals surface area (Å²) in [6.45, 7) is 0.122. The van der Waals surface area contributed by atoms with Crippen LogP contribution < -0.4 is 5.32 Å². The van der Waals surface area contributed by atoms with E-state index in [4.69, 9.17) is 16.0 Å². The van der Waals surface area contributed by atoms with Crippen LogP contribution in [0.15, 0.2) is 77.4 Å². The lowest BCUT2D eigenvalue weighted by Crippen LogP contribution is -2.38. The van der Waals surface area contributed by atoms with Crippen LogP contribution in [-0.4, -0.2) is 23.3 Å². The van der Waals surface area contributed by atoms with Gasteiger partial charge < -0.3 is 14.6 Å². The Kier molecular flexibility index (Phi) is 6.28. The zero-order valence-electron chi connectivity index (χ0n) is 14.6. The highest BCUT2D eigenvalue weighted by atomic mass is 35.5. The smallest absolute Gasteiger partial charge is 0.244 e. The molecule has 138 valence electrons. The molecule has 0 unspecified atom stereocenters. The van der Waals surface area contributed by atoms with Gasteiger partial charge >= 0.3 is 0 Å². The lowest BCUT2D eigenvalue weighted by molar-refractivity contribution is -0.134. The van der Waals surface area contributed by atoms with Crippen LogP contribution in [-0.2, 0) is 22.6 Å². The Labute approximate surface area is 162 Å². The number of carbonyl (C=O) groups is 2. The first-order chi connectivity index (χ1) is 13.1. The van der Waals surface area contributed by atoms with E-state index >= 15 is 0 Å². The zero-order valence-corrected chi connectivity index (χ0v) is 15.4. The third-order valence-electron chi connectivity index (χ3n) is 3.97. The van der Waals surface area contributed by atoms with Gasteiger partial charge in [-0.1, -0.05) is 48.0 Å². The second kappa shape index (κ2) is 9.05. The molecule has 3 rings (SSSR count). The Morgan fingerprint density at radius 1 is 0.963 bits per heavy atom. The van der Waals surface area contributed by atoms with E-state index in [9.17, 15) is 9.59 Å². The van der Waals surface area contributed by atoms with Crippen molar-refractivity contribution in [1.82, 2.24) is 4.90 Å². The standard InChI is InChI=1S/C21H19ClN2O3/c22-19-11-5-4-7-16(19)13-21(26)24(14-18-10-6-12-27-18)15-20(25)23-17-8-2-1-3-9-17/h1-12H,13-15H2,(H,23,25). The number of halogens is 1. The van der Waals surface area contributed by atoms with Crippen LogP contribution in [0, 0.1) is 0 Å². The molecule has 0 fully saturated rings. The fourth-order valence-corrected chi connectivity index (χ4v) is 2.84. The van der Waals surface area contributed by atoms with Gasteiger partial charge in [0.25, 0.3) is 0 Å². The normalized spacial score (nSPS) is 10.4. The van der Waals surface area contributed by atoms with Crippen molar-refractivity contribution in [2.24, 2.45) is 0 Å². The molecule has 2 aromatic carbocycles. The molecule has 0 atom stereocenters. The first-order valence-corrected chi connectivity index (χ1v) is 8.88. The minimum Gasteiger partial charge on any atom is -0.467 e. The van der Waals surface area contributed by atoms with Crippen molar-refractivity contribution >= 4 is 29.1 Å². The van der Waals surface area contributed by atoms with Gasteiger partial charge in [0.1, 0.15) is 12.3 Å². The number of para-hydroxylation sites is 1. The summed E-state index contributed by atoms with van der Waals surface area (Å²) in [6, 6.07) is 19.8. The maximum absolute atomic E-state index is 12.8. The number of benzene rings is 2. The molecule has 2 amide bonds. The first-order valence-electron chi connectivity index (χ1n) is 8.50. The van der Waals surface area contributed by atoms with Gasteiger partial charge in [0.05, 0.1) is 19.2 Å². The Morgan fingerprint density at radius 3 is 2.41 bits per heavy atom. The van der Waals surface area contributed by atoms with E-state index in [2.05, 4.69) is 5.32 Å². The molecule has 0 aliphatic rings. The molecule has 1 aromatic heterocycles. The summed E-state index contributed by atoms with van der Waals surface area (Å²) in [7, 11) is 0. The van der Waals surface area contributed by atoms with Crippen molar-refractivity contribution in [3.63, 3.8) is 0 Å². The molecule has 1 N–H and O–H groups in total. The lowest BCUT2D eigenvalue weighted by atomic mass is 10.1. The quantitative estimate of drug-likeness (QED) is 0.667. The Bertz CT molecular complexity index is 895. The van der Waals surface area contributed by atoms with E-state index in [1.54, 1.807) is 36.4 Å². The monoisotopic (exact) mass is 382 g/mol. The summed E-state index contributed by atoms with van der Waals surface area (Å²) in [5.74, 6) is 0.123. The summed E-state index contributed by atoms with van der Waals surface area (Å²) >= 11 is 6.16. The lowest BCUT2D eigenvalue weighted by Gasteiger charge is -2.21. The van der Waals surface area contributed by atoms with Crippen molar-refractivity contribution in [3.8, 4) is 0 Å². The van der Waals surface area contributed by atoms with Crippen LogP contribution in [0.1, 0.15) is 11.3 Å². The van der Waals surface area contributed by atoms with Crippen LogP contribution in [0.3, 0.4) is 0 Å². The Hall–Kier alpha value is -3.05. The number of carbonyl (C=O) groups excluding carboxylic acids is 2. The van der Waals surface area contributed by atoms with E-state index in [-0.39, 0.29) is 31.3 Å². The average Bonchev–Trinajstić information content (AvgIpc) is 3.17. The van der Waals surface area contributed by atoms with E-state index in [1.807, 2.05) is 30.3 Å². The average molecular weight is 383 g/mol. The molecule has 1 heterocycles. The predicted octanol–water partition coefficient (Wildman–Crippen LogP) is 4.14. The van der Waals surface area contributed by atoms with Crippen molar-refractivity contribution in [1.29, 1.82) is 0 Å². The number of rotatable bonds is 7. The SMILES string of the molecule is O=C(CN(Cc1ccco1)C(=O)Cc1ccccc1Cl)Nc1ccccc1. The fraction of sp³-hybridized carbons (Fsp3) is 0.143. The van der Waals surface area contributed by atoms with Crippen molar-refractivity contribution < 1.29 is 14.0 Å². The number of furan rings is 1. The molecule has 0 spiro atoms. The van der Waals surface area contributed by atoms with Gasteiger partial charge in [-0.3, -0.25) is 9.59 Å². The molecule has 3 aromatic rings. The third kappa shape index (κ3) is 5.46. The van der Waals surface area contributed by atoms with Crippen LogP contribution in [0.4, 0.5) is 5.69 Å². The fourth-order valence-electron chi connectivity index (χ4n) is 2.63. The Balaban J connectivity index is 1.71. The van der Waals surface area contributed by atoms with Crippen LogP contribution >= 0.6 is 11.6 Å². The summed E-state index contributed by atoms with van der Waals surface area (Å²) < 4.78 is 5.34. The second-order valence-corrected chi connectivity index (χ2v) is 6.42. The highest BCUT2D eigenvalue weighted by molar-refractivity contribution is 6.31. The summed E-state index contributed by atoms with van der Waals surface area (Å²) in [5.41, 5.74) is 1.40. The van der Waals surface area contributed by atoms with E-state index in [0.29, 0.717) is 16.5 Å². The zero-order chi connectivity index (χ0) is 19.1. The highest BCUT2D eigenvalue weighted by Gasteiger charge is 2.20. The van der Waals surface area contributed by atoms with Gasteiger partial charge in [-0.05, 0) is 35.9 Å². The van der Waals surface area contributed by atoms with E-state index < -0.39 is 0 Å². The minimum absolute atomic E-state index is 0.0844. The van der Waals surface area contributed by atoms with E-state index in [0.717, 1.165) is 5.56 Å². The number of nitrogens with one attached hydrogen (secondary N) is 1. The van der Waals surface area contributed by atoms with Gasteiger partial charge in [0, 0.05) is 10.7 Å². The van der Waals surface area contributed by atoms with Crippen LogP contribution in [0.25, 0.3) is 0 Å². The first kappa shape index (κ1) is 18.7. The molecule has 6 heteroatoms. The maximum Gasteiger partial charge on any atom is 0.244 e. The number of nitrogens with zero attached hydrogens (tertiary/aromatic N) is 1. The summed E-state index contributed by atoms with van der Waals surface area (Å²) in [4.78, 5) is 26.7. The minimum atomic E-state index is -0.278. The van der Waals surface area contributed by atoms with Gasteiger partial charge in [0.2, 0.25) is 11.8 Å². The van der Waals surface area contributed by atoms with Crippen molar-refractivity contribution in [2.45, 2.75) is 13.0 Å². The highest BCUT2D eigenvalue weighted by Crippen LogP contribution is 2.17. The van der Waals surface area contributed by atoms with Gasteiger partial charge in [0.15, 0.2) is 0 Å². The number of hydrogen-bond acceptors (Lipinski definition) is 3. The molecule has 0 radical (unpaired) electrons. The number of amides is 2. The molecular formula is C21H19ClN2O3. The van der Waals surface area contributed by atoms with E-state index in [1.165, 1.54) is 11.2 Å². The maximum atomic E-state index is 12.8. The molecule has 27 heavy (non-hydrogen) atoms. The molecule has 5 nitrogen and oxygen atoms in total. The van der Waals surface area contributed by atoms with Gasteiger partial charge in [-0.25, -0.2) is 0 Å². The van der Waals surface area contributed by atoms with Crippen molar-refractivity contribution in [3.05, 3.63) is 89.3 Å². The molecule has 0 saturated carbocycles. The topological polar surface area (TPSA) is 62.6 Å². The van der Waals surface area contributed by atoms with Gasteiger partial charge in [-0.2, -0.15) is 0 Å². The summed E-state index contributed by atoms with van der Waals surface area (Å²) in [5, 5.41) is 3.32. The second-order valence-electron chi connectivity index (χ2n) is 6.01. The van der Waals surface area contributed by atoms with Crippen molar-refractivity contribution in [2.75, 3.05) is 11.9 Å². The largest absolute Gasteiger partial charge is 0.467 e. The molecular weight excluding hydrogens is 364 g/mol. The molecule has 0 saturated heterocycles. The Morgan fingerprint density at radius 2 is 1.70 bits per heavy atom.